The largest absolute Gasteiger partial charge is 0.496 e. The number of methoxy groups -OCH3 is 1. The maximum atomic E-state index is 8.83. The van der Waals surface area contributed by atoms with Crippen molar-refractivity contribution in [3.8, 4) is 23.1 Å². The van der Waals surface area contributed by atoms with Crippen LogP contribution in [-0.2, 0) is 0 Å². The second-order valence-electron chi connectivity index (χ2n) is 3.85. The lowest BCUT2D eigenvalue weighted by Crippen LogP contribution is -1.93. The maximum Gasteiger partial charge on any atom is 0.128 e. The van der Waals surface area contributed by atoms with Crippen LogP contribution in [0, 0.1) is 18.3 Å². The smallest absolute Gasteiger partial charge is 0.128 e. The van der Waals surface area contributed by atoms with Crippen LogP contribution in [0.3, 0.4) is 0 Å². The molecule has 0 aliphatic heterocycles. The summed E-state index contributed by atoms with van der Waals surface area (Å²) in [6.45, 7) is 1.91. The number of benzene rings is 1. The number of aryl methyl sites for hydroxylation is 1. The fourth-order valence-corrected chi connectivity index (χ4v) is 1.96. The van der Waals surface area contributed by atoms with Crippen molar-refractivity contribution < 1.29 is 4.74 Å². The Morgan fingerprint density at radius 2 is 2.11 bits per heavy atom. The number of hydrogen-bond acceptors (Lipinski definition) is 3. The minimum absolute atomic E-state index is 0.539. The first kappa shape index (κ1) is 12.4. The van der Waals surface area contributed by atoms with Crippen molar-refractivity contribution in [3.05, 3.63) is 46.6 Å². The third-order valence-electron chi connectivity index (χ3n) is 2.62. The van der Waals surface area contributed by atoms with Gasteiger partial charge in [0.2, 0.25) is 0 Å². The SMILES string of the molecule is COc1ccc(Cl)cc1-c1ncc(C#N)cc1C. The standard InChI is InChI=1S/C14H11ClN2O/c1-9-5-10(7-16)8-17-14(9)12-6-11(15)3-4-13(12)18-2/h3-6,8H,1-2H3. The molecule has 1 aromatic carbocycles. The number of ether oxygens (including phenoxy) is 1. The van der Waals surface area contributed by atoms with E-state index in [1.54, 1.807) is 31.5 Å². The van der Waals surface area contributed by atoms with Gasteiger partial charge in [-0.05, 0) is 36.8 Å². The number of rotatable bonds is 2. The molecule has 2 rings (SSSR count). The summed E-state index contributed by atoms with van der Waals surface area (Å²) >= 11 is 6.00. The quantitative estimate of drug-likeness (QED) is 0.827. The van der Waals surface area contributed by atoms with E-state index in [0.717, 1.165) is 16.8 Å². The van der Waals surface area contributed by atoms with E-state index in [1.807, 2.05) is 13.0 Å². The van der Waals surface area contributed by atoms with Crippen LogP contribution >= 0.6 is 11.6 Å². The molecule has 90 valence electrons. The molecule has 18 heavy (non-hydrogen) atoms. The predicted octanol–water partition coefficient (Wildman–Crippen LogP) is 3.59. The zero-order chi connectivity index (χ0) is 13.1. The van der Waals surface area contributed by atoms with Gasteiger partial charge in [-0.1, -0.05) is 11.6 Å². The lowest BCUT2D eigenvalue weighted by atomic mass is 10.0. The molecule has 0 fully saturated rings. The van der Waals surface area contributed by atoms with E-state index in [-0.39, 0.29) is 0 Å². The molecule has 0 bridgehead atoms. The van der Waals surface area contributed by atoms with Crippen molar-refractivity contribution in [1.82, 2.24) is 4.98 Å². The van der Waals surface area contributed by atoms with Gasteiger partial charge in [0, 0.05) is 16.8 Å². The van der Waals surface area contributed by atoms with Gasteiger partial charge < -0.3 is 4.74 Å². The number of aromatic nitrogens is 1. The van der Waals surface area contributed by atoms with Gasteiger partial charge in [0.25, 0.3) is 0 Å². The highest BCUT2D eigenvalue weighted by Crippen LogP contribution is 2.33. The minimum Gasteiger partial charge on any atom is -0.496 e. The molecule has 0 unspecified atom stereocenters. The topological polar surface area (TPSA) is 45.9 Å². The van der Waals surface area contributed by atoms with E-state index in [9.17, 15) is 0 Å². The third-order valence-corrected chi connectivity index (χ3v) is 2.86. The highest BCUT2D eigenvalue weighted by atomic mass is 35.5. The molecule has 0 saturated carbocycles. The zero-order valence-corrected chi connectivity index (χ0v) is 10.8. The molecular formula is C14H11ClN2O. The number of nitrogens with zero attached hydrogens (tertiary/aromatic N) is 2. The molecule has 2 aromatic rings. The van der Waals surface area contributed by atoms with Crippen LogP contribution in [0.25, 0.3) is 11.3 Å². The molecular weight excluding hydrogens is 248 g/mol. The van der Waals surface area contributed by atoms with E-state index < -0.39 is 0 Å². The zero-order valence-electron chi connectivity index (χ0n) is 10.1. The second-order valence-corrected chi connectivity index (χ2v) is 4.28. The van der Waals surface area contributed by atoms with Crippen LogP contribution in [0.5, 0.6) is 5.75 Å². The Hall–Kier alpha value is -2.05. The summed E-state index contributed by atoms with van der Waals surface area (Å²) < 4.78 is 5.30. The van der Waals surface area contributed by atoms with Gasteiger partial charge in [0.1, 0.15) is 11.8 Å². The van der Waals surface area contributed by atoms with Crippen LogP contribution in [0.1, 0.15) is 11.1 Å². The van der Waals surface area contributed by atoms with Crippen molar-refractivity contribution in [2.45, 2.75) is 6.92 Å². The van der Waals surface area contributed by atoms with Crippen LogP contribution in [0.2, 0.25) is 5.02 Å². The molecule has 4 heteroatoms. The molecule has 0 aliphatic carbocycles. The average molecular weight is 259 g/mol. The first-order chi connectivity index (χ1) is 8.65. The number of nitriles is 1. The summed E-state index contributed by atoms with van der Waals surface area (Å²) in [6.07, 6.45) is 1.54. The maximum absolute atomic E-state index is 8.83. The van der Waals surface area contributed by atoms with Gasteiger partial charge in [-0.25, -0.2) is 0 Å². The normalized spacial score (nSPS) is 9.89. The van der Waals surface area contributed by atoms with E-state index in [2.05, 4.69) is 11.1 Å². The fraction of sp³-hybridized carbons (Fsp3) is 0.143. The van der Waals surface area contributed by atoms with E-state index >= 15 is 0 Å². The molecule has 3 nitrogen and oxygen atoms in total. The monoisotopic (exact) mass is 258 g/mol. The summed E-state index contributed by atoms with van der Waals surface area (Å²) in [4.78, 5) is 4.31. The van der Waals surface area contributed by atoms with E-state index in [1.165, 1.54) is 0 Å². The van der Waals surface area contributed by atoms with E-state index in [0.29, 0.717) is 16.3 Å². The van der Waals surface area contributed by atoms with Gasteiger partial charge >= 0.3 is 0 Å². The molecule has 0 aliphatic rings. The molecule has 0 saturated heterocycles. The predicted molar refractivity (Wildman–Crippen MR) is 70.7 cm³/mol. The lowest BCUT2D eigenvalue weighted by molar-refractivity contribution is 0.416. The molecule has 1 heterocycles. The van der Waals surface area contributed by atoms with Crippen molar-refractivity contribution in [1.29, 1.82) is 5.26 Å². The first-order valence-corrected chi connectivity index (χ1v) is 5.74. The summed E-state index contributed by atoms with van der Waals surface area (Å²) in [5.74, 6) is 0.708. The number of hydrogen-bond donors (Lipinski definition) is 0. The number of halogens is 1. The van der Waals surface area contributed by atoms with Gasteiger partial charge in [0.05, 0.1) is 18.4 Å². The Balaban J connectivity index is 2.62. The Morgan fingerprint density at radius 1 is 1.33 bits per heavy atom. The molecule has 0 radical (unpaired) electrons. The summed E-state index contributed by atoms with van der Waals surface area (Å²) in [5.41, 5.74) is 3.05. The van der Waals surface area contributed by atoms with Gasteiger partial charge in [-0.2, -0.15) is 5.26 Å². The second kappa shape index (κ2) is 5.07. The Labute approximate surface area is 111 Å². The van der Waals surface area contributed by atoms with Crippen molar-refractivity contribution >= 4 is 11.6 Å². The van der Waals surface area contributed by atoms with E-state index in [4.69, 9.17) is 21.6 Å². The van der Waals surface area contributed by atoms with Crippen LogP contribution in [-0.4, -0.2) is 12.1 Å². The number of pyridine rings is 1. The van der Waals surface area contributed by atoms with Gasteiger partial charge in [-0.3, -0.25) is 4.98 Å². The first-order valence-electron chi connectivity index (χ1n) is 5.36. The average Bonchev–Trinajstić information content (AvgIpc) is 2.38. The van der Waals surface area contributed by atoms with Gasteiger partial charge in [-0.15, -0.1) is 0 Å². The Bertz CT molecular complexity index is 632. The third kappa shape index (κ3) is 2.29. The molecule has 0 atom stereocenters. The van der Waals surface area contributed by atoms with Crippen molar-refractivity contribution in [2.24, 2.45) is 0 Å². The highest BCUT2D eigenvalue weighted by Gasteiger charge is 2.11. The van der Waals surface area contributed by atoms with Crippen molar-refractivity contribution in [3.63, 3.8) is 0 Å². The van der Waals surface area contributed by atoms with Gasteiger partial charge in [0.15, 0.2) is 0 Å². The Morgan fingerprint density at radius 3 is 2.72 bits per heavy atom. The minimum atomic E-state index is 0.539. The lowest BCUT2D eigenvalue weighted by Gasteiger charge is -2.10. The van der Waals surface area contributed by atoms with Crippen molar-refractivity contribution in [2.75, 3.05) is 7.11 Å². The summed E-state index contributed by atoms with van der Waals surface area (Å²) in [5, 5.41) is 9.45. The summed E-state index contributed by atoms with van der Waals surface area (Å²) in [7, 11) is 1.60. The molecule has 0 amide bonds. The molecule has 1 aromatic heterocycles. The fourth-order valence-electron chi connectivity index (χ4n) is 1.78. The summed E-state index contributed by atoms with van der Waals surface area (Å²) in [6, 6.07) is 9.24. The van der Waals surface area contributed by atoms with Crippen LogP contribution < -0.4 is 4.74 Å². The Kier molecular flexibility index (Phi) is 3.50. The van der Waals surface area contributed by atoms with Crippen LogP contribution in [0.4, 0.5) is 0 Å². The molecule has 0 spiro atoms. The highest BCUT2D eigenvalue weighted by molar-refractivity contribution is 6.31. The van der Waals surface area contributed by atoms with Crippen LogP contribution in [0.15, 0.2) is 30.5 Å². The molecule has 0 N–H and O–H groups in total.